The lowest BCUT2D eigenvalue weighted by atomic mass is 10.1. The van der Waals surface area contributed by atoms with Crippen molar-refractivity contribution in [3.63, 3.8) is 0 Å². The maximum Gasteiger partial charge on any atom is 0.263 e. The minimum atomic E-state index is -0.132. The van der Waals surface area contributed by atoms with Crippen molar-refractivity contribution in [2.24, 2.45) is 0 Å². The van der Waals surface area contributed by atoms with Gasteiger partial charge in [0.2, 0.25) is 5.95 Å². The summed E-state index contributed by atoms with van der Waals surface area (Å²) in [5, 5.41) is 5.27. The highest BCUT2D eigenvalue weighted by Gasteiger charge is 2.28. The molecule has 0 aliphatic carbocycles. The van der Waals surface area contributed by atoms with Crippen LogP contribution >= 0.6 is 11.3 Å². The van der Waals surface area contributed by atoms with Crippen LogP contribution in [0.5, 0.6) is 0 Å². The van der Waals surface area contributed by atoms with Gasteiger partial charge in [-0.3, -0.25) is 4.79 Å². The van der Waals surface area contributed by atoms with Crippen LogP contribution in [-0.2, 0) is 11.3 Å². The average molecular weight is 453 g/mol. The van der Waals surface area contributed by atoms with Crippen LogP contribution in [0.3, 0.4) is 0 Å². The highest BCUT2D eigenvalue weighted by molar-refractivity contribution is 7.10. The third-order valence-electron chi connectivity index (χ3n) is 5.47. The zero-order valence-corrected chi connectivity index (χ0v) is 19.1. The first-order valence-electron chi connectivity index (χ1n) is 10.6. The molecule has 32 heavy (non-hydrogen) atoms. The number of hydrogen-bond acceptors (Lipinski definition) is 8. The number of carbonyl (C=O) groups excluding carboxylic acids is 1. The molecule has 1 aromatic carbocycles. The third-order valence-corrected chi connectivity index (χ3v) is 6.44. The van der Waals surface area contributed by atoms with Gasteiger partial charge in [-0.25, -0.2) is 4.98 Å². The quantitative estimate of drug-likeness (QED) is 0.542. The van der Waals surface area contributed by atoms with Crippen molar-refractivity contribution in [1.29, 1.82) is 0 Å². The molecule has 0 radical (unpaired) electrons. The van der Waals surface area contributed by atoms with Crippen molar-refractivity contribution in [1.82, 2.24) is 15.3 Å². The number of nitrogens with one attached hydrogen (secondary N) is 1. The van der Waals surface area contributed by atoms with Gasteiger partial charge in [0.05, 0.1) is 12.7 Å². The van der Waals surface area contributed by atoms with E-state index in [1.807, 2.05) is 49.3 Å². The van der Waals surface area contributed by atoms with Crippen LogP contribution in [-0.4, -0.2) is 49.6 Å². The molecule has 1 unspecified atom stereocenters. The van der Waals surface area contributed by atoms with E-state index in [4.69, 9.17) is 10.5 Å². The molecule has 0 fully saturated rings. The van der Waals surface area contributed by atoms with E-state index < -0.39 is 0 Å². The van der Waals surface area contributed by atoms with E-state index in [0.717, 1.165) is 24.2 Å². The molecule has 2 aromatic heterocycles. The third kappa shape index (κ3) is 4.90. The van der Waals surface area contributed by atoms with E-state index in [1.54, 1.807) is 16.2 Å². The molecule has 1 amide bonds. The Morgan fingerprint density at radius 1 is 1.28 bits per heavy atom. The Hall–Kier alpha value is -3.01. The largest absolute Gasteiger partial charge is 0.368 e. The summed E-state index contributed by atoms with van der Waals surface area (Å²) < 4.78 is 6.28. The van der Waals surface area contributed by atoms with Crippen LogP contribution in [0.4, 0.5) is 17.5 Å². The molecular formula is C23H28N6O2S. The van der Waals surface area contributed by atoms with Crippen molar-refractivity contribution >= 4 is 34.7 Å². The normalized spacial score (nSPS) is 14.9. The van der Waals surface area contributed by atoms with Gasteiger partial charge in [0.1, 0.15) is 11.4 Å². The molecule has 4 rings (SSSR count). The highest BCUT2D eigenvalue weighted by atomic mass is 32.1. The molecule has 1 aliphatic rings. The van der Waals surface area contributed by atoms with Gasteiger partial charge in [0.25, 0.3) is 5.91 Å². The Morgan fingerprint density at radius 2 is 2.16 bits per heavy atom. The predicted octanol–water partition coefficient (Wildman–Crippen LogP) is 3.08. The van der Waals surface area contributed by atoms with Crippen LogP contribution in [0.15, 0.2) is 48.0 Å². The van der Waals surface area contributed by atoms with Gasteiger partial charge in [-0.1, -0.05) is 18.2 Å². The summed E-state index contributed by atoms with van der Waals surface area (Å²) in [6, 6.07) is 12.1. The number of anilines is 3. The summed E-state index contributed by atoms with van der Waals surface area (Å²) >= 11 is 1.71. The number of hydrogen-bond donors (Lipinski definition) is 2. The number of ether oxygens (including phenoxy) is 1. The monoisotopic (exact) mass is 452 g/mol. The molecule has 3 aromatic rings. The van der Waals surface area contributed by atoms with E-state index >= 15 is 0 Å². The Morgan fingerprint density at radius 3 is 2.94 bits per heavy atom. The Kier molecular flexibility index (Phi) is 6.99. The van der Waals surface area contributed by atoms with Crippen molar-refractivity contribution in [3.05, 3.63) is 64.0 Å². The predicted molar refractivity (Wildman–Crippen MR) is 128 cm³/mol. The fourth-order valence-electron chi connectivity index (χ4n) is 3.75. The maximum absolute atomic E-state index is 13.3. The lowest BCUT2D eigenvalue weighted by Crippen LogP contribution is -2.33. The smallest absolute Gasteiger partial charge is 0.263 e. The molecular weight excluding hydrogens is 424 g/mol. The van der Waals surface area contributed by atoms with Crippen LogP contribution < -0.4 is 20.9 Å². The first-order chi connectivity index (χ1) is 15.6. The van der Waals surface area contributed by atoms with E-state index in [1.165, 1.54) is 11.1 Å². The number of rotatable bonds is 8. The fraction of sp³-hybridized carbons (Fsp3) is 0.348. The summed E-state index contributed by atoms with van der Waals surface area (Å²) in [5.41, 5.74) is 8.04. The minimum absolute atomic E-state index is 0.0362. The molecule has 0 bridgehead atoms. The second kappa shape index (κ2) is 10.1. The number of likely N-dealkylation sites (N-methyl/N-ethyl adjacent to an activating group) is 1. The zero-order chi connectivity index (χ0) is 22.5. The maximum atomic E-state index is 13.3. The number of aromatic nitrogens is 2. The molecule has 3 heterocycles. The first kappa shape index (κ1) is 22.2. The van der Waals surface area contributed by atoms with Crippen LogP contribution in [0.1, 0.15) is 33.3 Å². The molecule has 1 aliphatic heterocycles. The Balaban J connectivity index is 1.52. The molecule has 168 valence electrons. The van der Waals surface area contributed by atoms with Gasteiger partial charge < -0.3 is 25.6 Å². The van der Waals surface area contributed by atoms with Crippen LogP contribution in [0, 0.1) is 0 Å². The van der Waals surface area contributed by atoms with Gasteiger partial charge in [-0.05, 0) is 49.2 Å². The van der Waals surface area contributed by atoms with Gasteiger partial charge >= 0.3 is 0 Å². The number of thiophene rings is 1. The number of carbonyl (C=O) groups is 1. The molecule has 0 spiro atoms. The molecule has 1 atom stereocenters. The summed E-state index contributed by atoms with van der Waals surface area (Å²) in [4.78, 5) is 26.5. The van der Waals surface area contributed by atoms with Crippen molar-refractivity contribution in [2.75, 3.05) is 49.3 Å². The van der Waals surface area contributed by atoms with Crippen LogP contribution in [0.25, 0.3) is 0 Å². The zero-order valence-electron chi connectivity index (χ0n) is 18.3. The van der Waals surface area contributed by atoms with Gasteiger partial charge in [-0.15, -0.1) is 11.3 Å². The molecule has 0 saturated carbocycles. The lowest BCUT2D eigenvalue weighted by molar-refractivity contribution is 0.0367. The number of nitrogens with zero attached hydrogens (tertiary/aromatic N) is 4. The Bertz CT molecular complexity index is 1060. The molecule has 3 N–H and O–H groups in total. The van der Waals surface area contributed by atoms with Gasteiger partial charge in [0.15, 0.2) is 0 Å². The van der Waals surface area contributed by atoms with Crippen molar-refractivity contribution in [2.45, 2.75) is 19.1 Å². The van der Waals surface area contributed by atoms with Crippen molar-refractivity contribution < 1.29 is 9.53 Å². The number of nitrogen functional groups attached to an aromatic ring is 1. The van der Waals surface area contributed by atoms with Crippen molar-refractivity contribution in [3.8, 4) is 0 Å². The highest BCUT2D eigenvalue weighted by Crippen LogP contribution is 2.29. The molecule has 9 heteroatoms. The second-order valence-corrected chi connectivity index (χ2v) is 8.70. The summed E-state index contributed by atoms with van der Waals surface area (Å²) in [6.45, 7) is 2.53. The number of benzene rings is 1. The number of nitrogens with two attached hydrogens (primary N) is 1. The standard InChI is InChI=1S/C23H28N6O2S/c1-25-9-8-19(20-7-4-12-32-20)31-15-16-5-3-6-17(13-16)29-11-10-28(2)21-18(22(29)30)14-26-23(24)27-21/h3-7,12-14,19,25H,8-11,15H2,1-2H3,(H2,24,26,27). The SMILES string of the molecule is CNCCC(OCc1cccc(N2CCN(C)c3nc(N)ncc3C2=O)c1)c1cccs1. The first-order valence-corrected chi connectivity index (χ1v) is 11.5. The number of fused-ring (bicyclic) bond motifs is 1. The average Bonchev–Trinajstić information content (AvgIpc) is 3.30. The second-order valence-electron chi connectivity index (χ2n) is 7.72. The summed E-state index contributed by atoms with van der Waals surface area (Å²) in [6.07, 6.45) is 2.44. The molecule has 0 saturated heterocycles. The summed E-state index contributed by atoms with van der Waals surface area (Å²) in [5.74, 6) is 0.593. The molecule has 8 nitrogen and oxygen atoms in total. The van der Waals surface area contributed by atoms with Gasteiger partial charge in [0, 0.05) is 36.9 Å². The van der Waals surface area contributed by atoms with E-state index in [0.29, 0.717) is 31.1 Å². The summed E-state index contributed by atoms with van der Waals surface area (Å²) in [7, 11) is 3.85. The van der Waals surface area contributed by atoms with E-state index in [2.05, 4.69) is 26.7 Å². The van der Waals surface area contributed by atoms with E-state index in [-0.39, 0.29) is 18.0 Å². The Labute approximate surface area is 192 Å². The number of amides is 1. The minimum Gasteiger partial charge on any atom is -0.368 e. The van der Waals surface area contributed by atoms with Gasteiger partial charge in [-0.2, -0.15) is 4.98 Å². The lowest BCUT2D eigenvalue weighted by Gasteiger charge is -2.22. The van der Waals surface area contributed by atoms with Crippen LogP contribution in [0.2, 0.25) is 0 Å². The fourth-order valence-corrected chi connectivity index (χ4v) is 4.55. The van der Waals surface area contributed by atoms with E-state index in [9.17, 15) is 4.79 Å². The topological polar surface area (TPSA) is 96.6 Å².